The SMILES string of the molecule is CCCOc1ccccc1C(=O)NNC(=O)c1cccc(OC(C)CC)c1. The number of ether oxygens (including phenoxy) is 2. The van der Waals surface area contributed by atoms with Gasteiger partial charge in [-0.3, -0.25) is 20.4 Å². The third kappa shape index (κ3) is 6.02. The van der Waals surface area contributed by atoms with E-state index in [0.717, 1.165) is 12.8 Å². The molecule has 0 aliphatic rings. The average Bonchev–Trinajstić information content (AvgIpc) is 2.70. The Balaban J connectivity index is 1.99. The fraction of sp³-hybridized carbons (Fsp3) is 0.333. The Morgan fingerprint density at radius 2 is 1.74 bits per heavy atom. The van der Waals surface area contributed by atoms with E-state index in [2.05, 4.69) is 10.9 Å². The molecule has 0 fully saturated rings. The Bertz CT molecular complexity index is 776. The number of carbonyl (C=O) groups excluding carboxylic acids is 2. The van der Waals surface area contributed by atoms with Gasteiger partial charge < -0.3 is 9.47 Å². The molecule has 0 radical (unpaired) electrons. The minimum atomic E-state index is -0.443. The standard InChI is InChI=1S/C21H26N2O4/c1-4-13-26-19-12-7-6-11-18(19)21(25)23-22-20(24)16-9-8-10-17(14-16)27-15(3)5-2/h6-12,14-15H,4-5,13H2,1-3H3,(H,22,24)(H,23,25). The quantitative estimate of drug-likeness (QED) is 0.694. The van der Waals surface area contributed by atoms with Crippen LogP contribution in [0.15, 0.2) is 48.5 Å². The first-order chi connectivity index (χ1) is 13.0. The molecule has 0 aliphatic heterocycles. The fourth-order valence-electron chi connectivity index (χ4n) is 2.27. The molecule has 0 aromatic heterocycles. The fourth-order valence-corrected chi connectivity index (χ4v) is 2.27. The van der Waals surface area contributed by atoms with E-state index in [9.17, 15) is 9.59 Å². The monoisotopic (exact) mass is 370 g/mol. The van der Waals surface area contributed by atoms with Gasteiger partial charge in [-0.05, 0) is 50.1 Å². The van der Waals surface area contributed by atoms with Crippen molar-refractivity contribution in [2.45, 2.75) is 39.7 Å². The summed E-state index contributed by atoms with van der Waals surface area (Å²) < 4.78 is 11.3. The van der Waals surface area contributed by atoms with E-state index in [4.69, 9.17) is 9.47 Å². The number of hydrogen-bond donors (Lipinski definition) is 2. The van der Waals surface area contributed by atoms with Gasteiger partial charge in [0.1, 0.15) is 11.5 Å². The van der Waals surface area contributed by atoms with Gasteiger partial charge in [-0.2, -0.15) is 0 Å². The molecule has 27 heavy (non-hydrogen) atoms. The summed E-state index contributed by atoms with van der Waals surface area (Å²) in [5.41, 5.74) is 5.61. The van der Waals surface area contributed by atoms with Crippen LogP contribution in [0.1, 0.15) is 54.3 Å². The summed E-state index contributed by atoms with van der Waals surface area (Å²) in [4.78, 5) is 24.7. The van der Waals surface area contributed by atoms with E-state index in [0.29, 0.717) is 29.2 Å². The number of rotatable bonds is 8. The van der Waals surface area contributed by atoms with Crippen molar-refractivity contribution in [2.24, 2.45) is 0 Å². The molecule has 1 atom stereocenters. The van der Waals surface area contributed by atoms with Crippen molar-refractivity contribution in [3.63, 3.8) is 0 Å². The molecule has 0 saturated carbocycles. The maximum Gasteiger partial charge on any atom is 0.273 e. The second-order valence-electron chi connectivity index (χ2n) is 6.12. The van der Waals surface area contributed by atoms with Crippen LogP contribution in [0.5, 0.6) is 11.5 Å². The first kappa shape index (κ1) is 20.3. The number of hydrazine groups is 1. The highest BCUT2D eigenvalue weighted by Crippen LogP contribution is 2.18. The lowest BCUT2D eigenvalue weighted by atomic mass is 10.2. The molecule has 2 aromatic rings. The molecule has 2 rings (SSSR count). The second-order valence-corrected chi connectivity index (χ2v) is 6.12. The largest absolute Gasteiger partial charge is 0.493 e. The van der Waals surface area contributed by atoms with E-state index in [1.807, 2.05) is 20.8 Å². The summed E-state index contributed by atoms with van der Waals surface area (Å²) in [5.74, 6) is 0.226. The molecule has 0 aliphatic carbocycles. The van der Waals surface area contributed by atoms with Crippen LogP contribution in [0, 0.1) is 0 Å². The molecule has 0 spiro atoms. The van der Waals surface area contributed by atoms with Crippen LogP contribution in [-0.4, -0.2) is 24.5 Å². The van der Waals surface area contributed by atoms with E-state index in [-0.39, 0.29) is 6.10 Å². The summed E-state index contributed by atoms with van der Waals surface area (Å²) in [6, 6.07) is 13.7. The smallest absolute Gasteiger partial charge is 0.273 e. The number of amides is 2. The van der Waals surface area contributed by atoms with Crippen molar-refractivity contribution in [2.75, 3.05) is 6.61 Å². The highest BCUT2D eigenvalue weighted by molar-refractivity contribution is 6.00. The first-order valence-corrected chi connectivity index (χ1v) is 9.14. The van der Waals surface area contributed by atoms with Gasteiger partial charge in [-0.15, -0.1) is 0 Å². The molecule has 6 heteroatoms. The third-order valence-electron chi connectivity index (χ3n) is 3.89. The predicted molar refractivity (Wildman–Crippen MR) is 104 cm³/mol. The summed E-state index contributed by atoms with van der Waals surface area (Å²) >= 11 is 0. The van der Waals surface area contributed by atoms with Gasteiger partial charge in [0, 0.05) is 5.56 Å². The number of benzene rings is 2. The molecule has 1 unspecified atom stereocenters. The van der Waals surface area contributed by atoms with E-state index in [1.54, 1.807) is 48.5 Å². The van der Waals surface area contributed by atoms with Gasteiger partial charge in [0.15, 0.2) is 0 Å². The maximum atomic E-state index is 12.4. The molecule has 144 valence electrons. The topological polar surface area (TPSA) is 76.7 Å². The molecule has 0 bridgehead atoms. The molecule has 2 aromatic carbocycles. The zero-order chi connectivity index (χ0) is 19.6. The molecule has 6 nitrogen and oxygen atoms in total. The van der Waals surface area contributed by atoms with Crippen molar-refractivity contribution in [1.82, 2.24) is 10.9 Å². The summed E-state index contributed by atoms with van der Waals surface area (Å²) in [7, 11) is 0. The van der Waals surface area contributed by atoms with Gasteiger partial charge in [-0.1, -0.05) is 32.0 Å². The molecular weight excluding hydrogens is 344 g/mol. The van der Waals surface area contributed by atoms with E-state index >= 15 is 0 Å². The minimum Gasteiger partial charge on any atom is -0.493 e. The Morgan fingerprint density at radius 1 is 1.00 bits per heavy atom. The Hall–Kier alpha value is -3.02. The zero-order valence-electron chi connectivity index (χ0n) is 16.0. The van der Waals surface area contributed by atoms with E-state index in [1.165, 1.54) is 0 Å². The molecule has 0 heterocycles. The van der Waals surface area contributed by atoms with E-state index < -0.39 is 11.8 Å². The summed E-state index contributed by atoms with van der Waals surface area (Å²) in [5, 5.41) is 0. The van der Waals surface area contributed by atoms with Crippen LogP contribution in [-0.2, 0) is 0 Å². The number of para-hydroxylation sites is 1. The van der Waals surface area contributed by atoms with Crippen molar-refractivity contribution < 1.29 is 19.1 Å². The highest BCUT2D eigenvalue weighted by Gasteiger charge is 2.14. The number of hydrogen-bond acceptors (Lipinski definition) is 4. The van der Waals surface area contributed by atoms with Crippen molar-refractivity contribution >= 4 is 11.8 Å². The number of nitrogens with one attached hydrogen (secondary N) is 2. The first-order valence-electron chi connectivity index (χ1n) is 9.14. The van der Waals surface area contributed by atoms with Crippen LogP contribution in [0.25, 0.3) is 0 Å². The van der Waals surface area contributed by atoms with Crippen LogP contribution in [0.4, 0.5) is 0 Å². The van der Waals surface area contributed by atoms with Crippen LogP contribution in [0.2, 0.25) is 0 Å². The second kappa shape index (κ2) is 10.2. The lowest BCUT2D eigenvalue weighted by Crippen LogP contribution is -2.41. The third-order valence-corrected chi connectivity index (χ3v) is 3.89. The van der Waals surface area contributed by atoms with Gasteiger partial charge in [0.2, 0.25) is 0 Å². The summed E-state index contributed by atoms with van der Waals surface area (Å²) in [6.07, 6.45) is 1.76. The molecule has 2 amide bonds. The Labute approximate surface area is 159 Å². The van der Waals surface area contributed by atoms with Crippen molar-refractivity contribution in [1.29, 1.82) is 0 Å². The maximum absolute atomic E-state index is 12.4. The van der Waals surface area contributed by atoms with Crippen molar-refractivity contribution in [3.8, 4) is 11.5 Å². The highest BCUT2D eigenvalue weighted by atomic mass is 16.5. The van der Waals surface area contributed by atoms with Gasteiger partial charge >= 0.3 is 0 Å². The lowest BCUT2D eigenvalue weighted by molar-refractivity contribution is 0.0844. The normalized spacial score (nSPS) is 11.4. The average molecular weight is 370 g/mol. The van der Waals surface area contributed by atoms with Crippen LogP contribution >= 0.6 is 0 Å². The van der Waals surface area contributed by atoms with Crippen LogP contribution in [0.3, 0.4) is 0 Å². The predicted octanol–water partition coefficient (Wildman–Crippen LogP) is 3.73. The van der Waals surface area contributed by atoms with Crippen molar-refractivity contribution in [3.05, 3.63) is 59.7 Å². The lowest BCUT2D eigenvalue weighted by Gasteiger charge is -2.14. The Morgan fingerprint density at radius 3 is 2.48 bits per heavy atom. The minimum absolute atomic E-state index is 0.0580. The van der Waals surface area contributed by atoms with Gasteiger partial charge in [0.05, 0.1) is 18.3 Å². The molecular formula is C21H26N2O4. The molecule has 2 N–H and O–H groups in total. The number of carbonyl (C=O) groups is 2. The van der Waals surface area contributed by atoms with Crippen LogP contribution < -0.4 is 20.3 Å². The Kier molecular flexibility index (Phi) is 7.67. The van der Waals surface area contributed by atoms with Gasteiger partial charge in [0.25, 0.3) is 11.8 Å². The zero-order valence-corrected chi connectivity index (χ0v) is 16.0. The van der Waals surface area contributed by atoms with Gasteiger partial charge in [-0.25, -0.2) is 0 Å². The molecule has 0 saturated heterocycles. The summed E-state index contributed by atoms with van der Waals surface area (Å²) in [6.45, 7) is 6.49.